The number of anilines is 2. The average Bonchev–Trinajstić information content (AvgIpc) is 2.85. The van der Waals surface area contributed by atoms with Crippen molar-refractivity contribution in [3.05, 3.63) is 81.9 Å². The summed E-state index contributed by atoms with van der Waals surface area (Å²) in [4.78, 5) is 36.6. The van der Waals surface area contributed by atoms with Crippen molar-refractivity contribution >= 4 is 29.2 Å². The van der Waals surface area contributed by atoms with E-state index in [1.807, 2.05) is 5.32 Å². The van der Waals surface area contributed by atoms with Crippen molar-refractivity contribution in [2.24, 2.45) is 0 Å². The molecule has 0 aromatic heterocycles. The van der Waals surface area contributed by atoms with Gasteiger partial charge in [0, 0.05) is 0 Å². The molecule has 15 heteroatoms. The number of carbonyl (C=O) groups excluding carboxylic acids is 1. The molecule has 0 bridgehead atoms. The summed E-state index contributed by atoms with van der Waals surface area (Å²) in [6, 6.07) is 3.82. The minimum atomic E-state index is -6.08. The molecule has 0 saturated heterocycles. The highest BCUT2D eigenvalue weighted by Crippen LogP contribution is 2.57. The molecule has 0 aliphatic heterocycles. The zero-order valence-corrected chi connectivity index (χ0v) is 21.6. The number of nitrogens with two attached hydrogens (primary N) is 1. The maximum atomic E-state index is 14.5. The molecule has 3 rings (SSSR count). The first-order valence-electron chi connectivity index (χ1n) is 11.8. The number of aromatic carboxylic acids is 2. The molecule has 0 saturated carbocycles. The molecule has 0 aliphatic rings. The Morgan fingerprint density at radius 1 is 0.738 bits per heavy atom. The molecule has 3 aromatic carbocycles. The van der Waals surface area contributed by atoms with Gasteiger partial charge in [-0.25, -0.2) is 9.59 Å². The van der Waals surface area contributed by atoms with Gasteiger partial charge in [-0.1, -0.05) is 26.0 Å². The van der Waals surface area contributed by atoms with E-state index in [9.17, 15) is 61.2 Å². The maximum absolute atomic E-state index is 14.5. The number of phenolic OH excluding ortho intramolecular Hbond substituents is 2. The highest BCUT2D eigenvalue weighted by molar-refractivity contribution is 6.12. The van der Waals surface area contributed by atoms with Crippen LogP contribution in [0.25, 0.3) is 0 Å². The molecule has 7 N–H and O–H groups in total. The first-order chi connectivity index (χ1) is 19.2. The average molecular weight is 600 g/mol. The van der Waals surface area contributed by atoms with Gasteiger partial charge < -0.3 is 31.5 Å². The van der Waals surface area contributed by atoms with Gasteiger partial charge in [-0.05, 0) is 59.0 Å². The SMILES string of the molecule is CC(C)c1cc(C(=O)Nc2cc(C(c3ccc(O)c(N)c3)(C(F)(F)F)C(F)(F)F)ccc2O)c(C(=O)O)cc1C(=O)O. The number of rotatable bonds is 7. The number of hydrogen-bond acceptors (Lipinski definition) is 6. The Bertz CT molecular complexity index is 1570. The highest BCUT2D eigenvalue weighted by atomic mass is 19.4. The van der Waals surface area contributed by atoms with Crippen molar-refractivity contribution in [2.75, 3.05) is 11.1 Å². The van der Waals surface area contributed by atoms with E-state index >= 15 is 0 Å². The molecule has 0 radical (unpaired) electrons. The summed E-state index contributed by atoms with van der Waals surface area (Å²) in [5.41, 5.74) is -5.99. The normalized spacial score (nSPS) is 12.3. The molecule has 0 fully saturated rings. The van der Waals surface area contributed by atoms with E-state index in [4.69, 9.17) is 5.73 Å². The molecule has 3 aromatic rings. The predicted octanol–water partition coefficient (Wildman–Crippen LogP) is 5.86. The van der Waals surface area contributed by atoms with Crippen LogP contribution in [0.1, 0.15) is 67.5 Å². The summed E-state index contributed by atoms with van der Waals surface area (Å²) in [6.07, 6.45) is -12.2. The summed E-state index contributed by atoms with van der Waals surface area (Å²) in [6.45, 7) is 3.06. The van der Waals surface area contributed by atoms with Crippen LogP contribution in [-0.2, 0) is 5.41 Å². The molecule has 0 heterocycles. The van der Waals surface area contributed by atoms with Gasteiger partial charge >= 0.3 is 24.3 Å². The summed E-state index contributed by atoms with van der Waals surface area (Å²) in [5.74, 6) is -6.95. The van der Waals surface area contributed by atoms with E-state index in [0.717, 1.165) is 6.07 Å². The smallest absolute Gasteiger partial charge is 0.411 e. The number of carboxylic acids is 2. The third kappa shape index (κ3) is 5.36. The number of hydrogen-bond donors (Lipinski definition) is 6. The Morgan fingerprint density at radius 3 is 1.69 bits per heavy atom. The van der Waals surface area contributed by atoms with Gasteiger partial charge in [-0.3, -0.25) is 4.79 Å². The molecule has 0 atom stereocenters. The first kappa shape index (κ1) is 31.6. The van der Waals surface area contributed by atoms with Crippen LogP contribution in [0, 0.1) is 0 Å². The lowest BCUT2D eigenvalue weighted by atomic mass is 9.72. The van der Waals surface area contributed by atoms with Crippen LogP contribution < -0.4 is 11.1 Å². The van der Waals surface area contributed by atoms with E-state index in [0.29, 0.717) is 30.3 Å². The van der Waals surface area contributed by atoms with Crippen LogP contribution in [0.3, 0.4) is 0 Å². The van der Waals surface area contributed by atoms with Crippen molar-refractivity contribution in [3.63, 3.8) is 0 Å². The second-order valence-electron chi connectivity index (χ2n) is 9.46. The number of aromatic hydroxyl groups is 2. The summed E-state index contributed by atoms with van der Waals surface area (Å²) in [7, 11) is 0. The fourth-order valence-electron chi connectivity index (χ4n) is 4.47. The maximum Gasteiger partial charge on any atom is 0.411 e. The van der Waals surface area contributed by atoms with Crippen LogP contribution in [0.2, 0.25) is 0 Å². The summed E-state index contributed by atoms with van der Waals surface area (Å²) in [5, 5.41) is 40.8. The van der Waals surface area contributed by atoms with Crippen molar-refractivity contribution in [1.29, 1.82) is 0 Å². The minimum absolute atomic E-state index is 0.00806. The van der Waals surface area contributed by atoms with Gasteiger partial charge in [0.2, 0.25) is 5.41 Å². The molecule has 0 aliphatic carbocycles. The second kappa shape index (κ2) is 10.8. The quantitative estimate of drug-likeness (QED) is 0.111. The van der Waals surface area contributed by atoms with Gasteiger partial charge in [-0.15, -0.1) is 0 Å². The molecule has 0 unspecified atom stereocenters. The fourth-order valence-corrected chi connectivity index (χ4v) is 4.47. The molecule has 224 valence electrons. The van der Waals surface area contributed by atoms with Crippen molar-refractivity contribution < 1.29 is 61.2 Å². The standard InChI is InChI=1S/C27H22F6N2O7/c1-11(2)14-9-15(17(24(41)42)10-16(14)23(39)40)22(38)35-19-8-13(4-6-21(19)37)25(26(28,29)30,27(31,32)33)12-3-5-20(36)18(34)7-12/h3-11,36-37H,34H2,1-2H3,(H,35,38)(H,39,40)(H,41,42). The van der Waals surface area contributed by atoms with E-state index in [-0.39, 0.29) is 17.7 Å². The molecule has 1 amide bonds. The van der Waals surface area contributed by atoms with E-state index in [1.54, 1.807) is 0 Å². The van der Waals surface area contributed by atoms with Crippen LogP contribution in [0.15, 0.2) is 48.5 Å². The van der Waals surface area contributed by atoms with Crippen LogP contribution >= 0.6 is 0 Å². The number of carbonyl (C=O) groups is 3. The number of halogens is 6. The van der Waals surface area contributed by atoms with Crippen LogP contribution in [0.4, 0.5) is 37.7 Å². The number of amides is 1. The highest BCUT2D eigenvalue weighted by Gasteiger charge is 2.72. The van der Waals surface area contributed by atoms with Gasteiger partial charge in [0.1, 0.15) is 11.5 Å². The molecule has 0 spiro atoms. The molecular weight excluding hydrogens is 578 g/mol. The zero-order valence-electron chi connectivity index (χ0n) is 21.6. The first-order valence-corrected chi connectivity index (χ1v) is 11.8. The summed E-state index contributed by atoms with van der Waals surface area (Å²) >= 11 is 0. The van der Waals surface area contributed by atoms with Crippen molar-refractivity contribution in [3.8, 4) is 11.5 Å². The number of nitrogens with one attached hydrogen (secondary N) is 1. The Hall–Kier alpha value is -4.95. The number of alkyl halides is 6. The van der Waals surface area contributed by atoms with Crippen LogP contribution in [-0.4, -0.2) is 50.6 Å². The lowest BCUT2D eigenvalue weighted by molar-refractivity contribution is -0.288. The minimum Gasteiger partial charge on any atom is -0.506 e. The van der Waals surface area contributed by atoms with Crippen molar-refractivity contribution in [1.82, 2.24) is 0 Å². The number of phenols is 2. The van der Waals surface area contributed by atoms with Gasteiger partial charge in [0.15, 0.2) is 0 Å². The molecule has 42 heavy (non-hydrogen) atoms. The fraction of sp³-hybridized carbons (Fsp3) is 0.222. The Balaban J connectivity index is 2.27. The van der Waals surface area contributed by atoms with Gasteiger partial charge in [0.05, 0.1) is 28.1 Å². The van der Waals surface area contributed by atoms with Crippen molar-refractivity contribution in [2.45, 2.75) is 37.5 Å². The molecule has 9 nitrogen and oxygen atoms in total. The van der Waals surface area contributed by atoms with Crippen LogP contribution in [0.5, 0.6) is 11.5 Å². The van der Waals surface area contributed by atoms with E-state index in [2.05, 4.69) is 0 Å². The Morgan fingerprint density at radius 2 is 1.24 bits per heavy atom. The topological polar surface area (TPSA) is 170 Å². The lowest BCUT2D eigenvalue weighted by Gasteiger charge is -2.38. The third-order valence-corrected chi connectivity index (χ3v) is 6.51. The van der Waals surface area contributed by atoms with Gasteiger partial charge in [0.25, 0.3) is 5.91 Å². The van der Waals surface area contributed by atoms with Gasteiger partial charge in [-0.2, -0.15) is 26.3 Å². The second-order valence-corrected chi connectivity index (χ2v) is 9.46. The van der Waals surface area contributed by atoms with E-state index < -0.39 is 92.2 Å². The monoisotopic (exact) mass is 600 g/mol. The summed E-state index contributed by atoms with van der Waals surface area (Å²) < 4.78 is 87.1. The zero-order chi connectivity index (χ0) is 31.9. The number of benzene rings is 3. The number of nitrogen functional groups attached to an aromatic ring is 1. The predicted molar refractivity (Wildman–Crippen MR) is 136 cm³/mol. The lowest BCUT2D eigenvalue weighted by Crippen LogP contribution is -2.54. The van der Waals surface area contributed by atoms with E-state index in [1.165, 1.54) is 13.8 Å². The third-order valence-electron chi connectivity index (χ3n) is 6.51. The largest absolute Gasteiger partial charge is 0.506 e. The molecular formula is C27H22F6N2O7. The Labute approximate surface area is 232 Å². The number of carboxylic acid groups (broad SMARTS) is 2. The Kier molecular flexibility index (Phi) is 8.12.